The number of nitrogens with one attached hydrogen (secondary N) is 2. The average Bonchev–Trinajstić information content (AvgIpc) is 2.82. The quantitative estimate of drug-likeness (QED) is 0.307. The van der Waals surface area contributed by atoms with Crippen molar-refractivity contribution in [3.8, 4) is 0 Å². The molecular formula is C25H24N4O4. The van der Waals surface area contributed by atoms with E-state index in [1.807, 2.05) is 49.3 Å². The Balaban J connectivity index is 1.70. The highest BCUT2D eigenvalue weighted by molar-refractivity contribution is 6.05. The van der Waals surface area contributed by atoms with Crippen LogP contribution in [0.15, 0.2) is 78.9 Å². The molecule has 3 aromatic carbocycles. The lowest BCUT2D eigenvalue weighted by Crippen LogP contribution is -2.25. The van der Waals surface area contributed by atoms with Crippen LogP contribution in [0, 0.1) is 10.1 Å². The molecule has 0 aliphatic rings. The number of rotatable bonds is 8. The first-order chi connectivity index (χ1) is 15.8. The third-order valence-electron chi connectivity index (χ3n) is 4.82. The van der Waals surface area contributed by atoms with Crippen LogP contribution in [-0.2, 0) is 11.3 Å². The van der Waals surface area contributed by atoms with Crippen LogP contribution < -0.4 is 15.5 Å². The Morgan fingerprint density at radius 3 is 2.33 bits per heavy atom. The monoisotopic (exact) mass is 444 g/mol. The van der Waals surface area contributed by atoms with Gasteiger partial charge in [0.25, 0.3) is 11.6 Å². The maximum atomic E-state index is 12.9. The summed E-state index contributed by atoms with van der Waals surface area (Å²) in [6, 6.07) is 20.6. The smallest absolute Gasteiger partial charge is 0.269 e. The SMILES string of the molecule is CN(C)c1ccc(NC(=O)/C=C/c2ccc([N+](=O)[O-])cc2)cc1C(=O)NCc1ccccc1. The molecule has 0 saturated heterocycles. The van der Waals surface area contributed by atoms with E-state index < -0.39 is 4.92 Å². The number of hydrogen-bond acceptors (Lipinski definition) is 5. The Bertz CT molecular complexity index is 1170. The van der Waals surface area contributed by atoms with E-state index in [1.165, 1.54) is 18.2 Å². The van der Waals surface area contributed by atoms with E-state index in [-0.39, 0.29) is 17.5 Å². The van der Waals surface area contributed by atoms with E-state index in [0.29, 0.717) is 23.4 Å². The summed E-state index contributed by atoms with van der Waals surface area (Å²) in [5, 5.41) is 16.4. The minimum Gasteiger partial charge on any atom is -0.377 e. The standard InChI is InChI=1S/C25H24N4O4/c1-28(2)23-14-11-20(16-22(23)25(31)26-17-19-6-4-3-5-7-19)27-24(30)15-10-18-8-12-21(13-9-18)29(32)33/h3-16H,17H2,1-2H3,(H,26,31)(H,27,30)/b15-10+. The lowest BCUT2D eigenvalue weighted by molar-refractivity contribution is -0.384. The number of nitro benzene ring substituents is 1. The number of amides is 2. The summed E-state index contributed by atoms with van der Waals surface area (Å²) in [6.45, 7) is 0.390. The molecule has 3 aromatic rings. The minimum absolute atomic E-state index is 0.0179. The summed E-state index contributed by atoms with van der Waals surface area (Å²) in [6.07, 6.45) is 2.89. The summed E-state index contributed by atoms with van der Waals surface area (Å²) >= 11 is 0. The van der Waals surface area contributed by atoms with E-state index in [1.54, 1.807) is 36.4 Å². The second kappa shape index (κ2) is 10.7. The van der Waals surface area contributed by atoms with Crippen molar-refractivity contribution in [1.29, 1.82) is 0 Å². The van der Waals surface area contributed by atoms with E-state index in [2.05, 4.69) is 10.6 Å². The van der Waals surface area contributed by atoms with Gasteiger partial charge in [-0.05, 0) is 47.5 Å². The van der Waals surface area contributed by atoms with Gasteiger partial charge >= 0.3 is 0 Å². The normalized spacial score (nSPS) is 10.6. The number of benzene rings is 3. The number of carbonyl (C=O) groups is 2. The molecule has 0 unspecified atom stereocenters. The minimum atomic E-state index is -0.481. The fourth-order valence-corrected chi connectivity index (χ4v) is 3.12. The van der Waals surface area contributed by atoms with Gasteiger partial charge in [-0.1, -0.05) is 30.3 Å². The van der Waals surface area contributed by atoms with Crippen molar-refractivity contribution in [3.63, 3.8) is 0 Å². The van der Waals surface area contributed by atoms with E-state index in [0.717, 1.165) is 11.3 Å². The molecule has 0 aromatic heterocycles. The number of hydrogen-bond donors (Lipinski definition) is 2. The average molecular weight is 444 g/mol. The molecule has 0 saturated carbocycles. The third kappa shape index (κ3) is 6.51. The van der Waals surface area contributed by atoms with Gasteiger partial charge < -0.3 is 15.5 Å². The fraction of sp³-hybridized carbons (Fsp3) is 0.120. The summed E-state index contributed by atoms with van der Waals surface area (Å²) in [4.78, 5) is 37.3. The highest BCUT2D eigenvalue weighted by Crippen LogP contribution is 2.23. The molecule has 8 heteroatoms. The van der Waals surface area contributed by atoms with Gasteiger partial charge in [0, 0.05) is 50.2 Å². The van der Waals surface area contributed by atoms with E-state index in [9.17, 15) is 19.7 Å². The molecule has 0 spiro atoms. The summed E-state index contributed by atoms with van der Waals surface area (Å²) < 4.78 is 0. The summed E-state index contributed by atoms with van der Waals surface area (Å²) in [7, 11) is 3.68. The molecule has 0 heterocycles. The lowest BCUT2D eigenvalue weighted by Gasteiger charge is -2.18. The summed E-state index contributed by atoms with van der Waals surface area (Å²) in [5.41, 5.74) is 3.25. The first-order valence-corrected chi connectivity index (χ1v) is 10.2. The van der Waals surface area contributed by atoms with Crippen molar-refractivity contribution < 1.29 is 14.5 Å². The molecule has 0 aliphatic heterocycles. The zero-order chi connectivity index (χ0) is 23.8. The lowest BCUT2D eigenvalue weighted by atomic mass is 10.1. The van der Waals surface area contributed by atoms with Crippen LogP contribution in [0.25, 0.3) is 6.08 Å². The van der Waals surface area contributed by atoms with Crippen molar-refractivity contribution in [2.75, 3.05) is 24.3 Å². The van der Waals surface area contributed by atoms with Gasteiger partial charge in [-0.25, -0.2) is 0 Å². The van der Waals surface area contributed by atoms with Crippen molar-refractivity contribution in [2.24, 2.45) is 0 Å². The second-order valence-electron chi connectivity index (χ2n) is 7.47. The van der Waals surface area contributed by atoms with Crippen LogP contribution >= 0.6 is 0 Å². The van der Waals surface area contributed by atoms with Crippen LogP contribution in [0.4, 0.5) is 17.1 Å². The molecule has 8 nitrogen and oxygen atoms in total. The predicted octanol–water partition coefficient (Wildman–Crippen LogP) is 4.24. The van der Waals surface area contributed by atoms with Gasteiger partial charge in [-0.2, -0.15) is 0 Å². The zero-order valence-electron chi connectivity index (χ0n) is 18.3. The molecule has 0 aliphatic carbocycles. The zero-order valence-corrected chi connectivity index (χ0v) is 18.3. The maximum Gasteiger partial charge on any atom is 0.269 e. The number of nitrogens with zero attached hydrogens (tertiary/aromatic N) is 2. The molecule has 0 fully saturated rings. The highest BCUT2D eigenvalue weighted by atomic mass is 16.6. The number of non-ortho nitro benzene ring substituents is 1. The number of anilines is 2. The largest absolute Gasteiger partial charge is 0.377 e. The second-order valence-corrected chi connectivity index (χ2v) is 7.47. The fourth-order valence-electron chi connectivity index (χ4n) is 3.12. The third-order valence-corrected chi connectivity index (χ3v) is 4.82. The molecule has 2 N–H and O–H groups in total. The Labute approximate surface area is 191 Å². The molecule has 3 rings (SSSR count). The molecule has 0 bridgehead atoms. The van der Waals surface area contributed by atoms with Crippen molar-refractivity contribution in [1.82, 2.24) is 5.32 Å². The van der Waals surface area contributed by atoms with Gasteiger partial charge in [0.15, 0.2) is 0 Å². The summed E-state index contributed by atoms with van der Waals surface area (Å²) in [5.74, 6) is -0.637. The first-order valence-electron chi connectivity index (χ1n) is 10.2. The van der Waals surface area contributed by atoms with Crippen LogP contribution in [0.3, 0.4) is 0 Å². The molecular weight excluding hydrogens is 420 g/mol. The van der Waals surface area contributed by atoms with Crippen molar-refractivity contribution >= 4 is 35.0 Å². The van der Waals surface area contributed by atoms with Gasteiger partial charge in [0.1, 0.15) is 0 Å². The van der Waals surface area contributed by atoms with E-state index >= 15 is 0 Å². The Kier molecular flexibility index (Phi) is 7.54. The Morgan fingerprint density at radius 2 is 1.70 bits per heavy atom. The topological polar surface area (TPSA) is 105 Å². The Morgan fingerprint density at radius 1 is 1.00 bits per heavy atom. The van der Waals surface area contributed by atoms with Gasteiger partial charge in [-0.15, -0.1) is 0 Å². The van der Waals surface area contributed by atoms with Gasteiger partial charge in [0.2, 0.25) is 5.91 Å². The van der Waals surface area contributed by atoms with Crippen LogP contribution in [-0.4, -0.2) is 30.8 Å². The van der Waals surface area contributed by atoms with Crippen LogP contribution in [0.1, 0.15) is 21.5 Å². The first kappa shape index (κ1) is 23.2. The molecule has 33 heavy (non-hydrogen) atoms. The Hall–Kier alpha value is -4.46. The van der Waals surface area contributed by atoms with Gasteiger partial charge in [0.05, 0.1) is 10.5 Å². The van der Waals surface area contributed by atoms with Crippen LogP contribution in [0.2, 0.25) is 0 Å². The van der Waals surface area contributed by atoms with Crippen molar-refractivity contribution in [2.45, 2.75) is 6.54 Å². The molecule has 168 valence electrons. The van der Waals surface area contributed by atoms with Crippen molar-refractivity contribution in [3.05, 3.63) is 106 Å². The van der Waals surface area contributed by atoms with Crippen LogP contribution in [0.5, 0.6) is 0 Å². The number of nitro groups is 1. The molecule has 2 amide bonds. The maximum absolute atomic E-state index is 12.9. The van der Waals surface area contributed by atoms with E-state index in [4.69, 9.17) is 0 Å². The molecule has 0 radical (unpaired) electrons. The molecule has 0 atom stereocenters. The number of carbonyl (C=O) groups excluding carboxylic acids is 2. The predicted molar refractivity (Wildman–Crippen MR) is 129 cm³/mol. The van der Waals surface area contributed by atoms with Gasteiger partial charge in [-0.3, -0.25) is 19.7 Å². The highest BCUT2D eigenvalue weighted by Gasteiger charge is 2.14.